The number of allylic oxidation sites excluding steroid dienone is 2. The van der Waals surface area contributed by atoms with Gasteiger partial charge in [-0.05, 0) is 87.7 Å². The molecule has 10 aliphatic rings. The van der Waals surface area contributed by atoms with Gasteiger partial charge in [0.15, 0.2) is 0 Å². The van der Waals surface area contributed by atoms with Crippen LogP contribution in [0, 0.1) is 23.7 Å². The van der Waals surface area contributed by atoms with E-state index < -0.39 is 0 Å². The maximum absolute atomic E-state index is 7.78. The van der Waals surface area contributed by atoms with Gasteiger partial charge in [0.1, 0.15) is 12.5 Å². The minimum absolute atomic E-state index is 0.147. The van der Waals surface area contributed by atoms with Gasteiger partial charge in [-0.15, -0.1) is 0 Å². The first-order valence-electron chi connectivity index (χ1n) is 17.4. The van der Waals surface area contributed by atoms with E-state index in [1.54, 1.807) is 22.3 Å². The molecule has 2 spiro atoms. The van der Waals surface area contributed by atoms with Crippen molar-refractivity contribution in [2.75, 3.05) is 36.0 Å². The molecule has 5 heteroatoms. The van der Waals surface area contributed by atoms with Crippen LogP contribution in [-0.4, -0.2) is 72.6 Å². The van der Waals surface area contributed by atoms with Crippen molar-refractivity contribution in [2.24, 2.45) is 23.7 Å². The molecule has 0 radical (unpaired) electrons. The number of hydrogen-bond donors (Lipinski definition) is 0. The number of piperidine rings is 2. The molecule has 0 aromatic heterocycles. The fourth-order valence-electron chi connectivity index (χ4n) is 14.2. The van der Waals surface area contributed by atoms with Gasteiger partial charge in [-0.1, -0.05) is 59.7 Å². The fraction of sp³-hybridized carbons (Fsp3) is 0.579. The number of fused-ring (bicyclic) bond motifs is 14. The van der Waals surface area contributed by atoms with Crippen LogP contribution in [0.15, 0.2) is 71.8 Å². The summed E-state index contributed by atoms with van der Waals surface area (Å²) in [7, 11) is 0. The topological polar surface area (TPSA) is 22.2 Å². The Morgan fingerprint density at radius 3 is 1.60 bits per heavy atom. The van der Waals surface area contributed by atoms with Crippen LogP contribution in [0.2, 0.25) is 0 Å². The molecule has 8 fully saturated rings. The molecule has 2 aliphatic carbocycles. The Hall–Kier alpha value is -2.60. The van der Waals surface area contributed by atoms with Crippen LogP contribution < -0.4 is 9.80 Å². The third-order valence-corrected chi connectivity index (χ3v) is 15.3. The molecule has 2 aromatic carbocycles. The van der Waals surface area contributed by atoms with Crippen LogP contribution in [0.5, 0.6) is 0 Å². The van der Waals surface area contributed by atoms with Gasteiger partial charge in [-0.25, -0.2) is 0 Å². The molecule has 220 valence electrons. The predicted octanol–water partition coefficient (Wildman–Crippen LogP) is 5.28. The summed E-state index contributed by atoms with van der Waals surface area (Å²) >= 11 is 0. The first-order valence-corrected chi connectivity index (χ1v) is 17.4. The van der Waals surface area contributed by atoms with Gasteiger partial charge in [0, 0.05) is 59.2 Å². The summed E-state index contributed by atoms with van der Waals surface area (Å²) in [6.45, 7) is 9.41. The van der Waals surface area contributed by atoms with Gasteiger partial charge in [-0.3, -0.25) is 9.80 Å². The molecule has 8 aliphatic heterocycles. The lowest BCUT2D eigenvalue weighted by atomic mass is 9.51. The average molecular weight is 571 g/mol. The molecule has 8 heterocycles. The highest BCUT2D eigenvalue weighted by atomic mass is 16.5. The highest BCUT2D eigenvalue weighted by molar-refractivity contribution is 5.73. The SMILES string of the molecule is CC=C1CN2CC[C@]34c5ccccc5N5[C@@H]6O[C@H]([C@H]([C@H]53)[C@H]1C[C@H]24)N1c2ccccc2[C@]23CCN4C/C(=C\C)[C@H](C[C@H]42)[C@H]6[C@H]13. The van der Waals surface area contributed by atoms with E-state index in [2.05, 4.69) is 94.1 Å². The van der Waals surface area contributed by atoms with E-state index in [0.717, 1.165) is 13.1 Å². The Bertz CT molecular complexity index is 1560. The quantitative estimate of drug-likeness (QED) is 0.401. The monoisotopic (exact) mass is 570 g/mol. The number of benzene rings is 2. The zero-order chi connectivity index (χ0) is 28.0. The van der Waals surface area contributed by atoms with Gasteiger partial charge >= 0.3 is 0 Å². The minimum atomic E-state index is 0.147. The van der Waals surface area contributed by atoms with E-state index in [0.29, 0.717) is 47.8 Å². The highest BCUT2D eigenvalue weighted by Crippen LogP contribution is 2.72. The number of para-hydroxylation sites is 2. The number of hydrogen-bond acceptors (Lipinski definition) is 5. The van der Waals surface area contributed by atoms with Gasteiger partial charge in [0.05, 0.1) is 12.1 Å². The summed E-state index contributed by atoms with van der Waals surface area (Å²) < 4.78 is 7.78. The van der Waals surface area contributed by atoms with E-state index in [1.807, 2.05) is 0 Å². The molecule has 6 bridgehead atoms. The lowest BCUT2D eigenvalue weighted by Crippen LogP contribution is -2.81. The number of rotatable bonds is 0. The molecular formula is C38H42N4O. The standard InChI is InChI=1S/C38H42N4O/c1-3-21-19-39-15-13-37-25-9-5-7-11-27(25)41-33(37)31(23(21)17-29(37)39)35-42-28-12-8-6-10-26(28)38-14-16-40-20-22(4-2)24(18-30(38)40)32(34(38)42)36(41)43-35/h3-12,23-24,29-36H,13-20H2,1-2H3/b21-3+,22-4?/t23-,24-,29-,30-,31-,32-,33-,34-,35+,36+,37+,38+/m0/s1. The second-order valence-electron chi connectivity index (χ2n) is 15.8. The summed E-state index contributed by atoms with van der Waals surface area (Å²) in [5.74, 6) is 2.16. The molecule has 2 aromatic rings. The van der Waals surface area contributed by atoms with E-state index in [9.17, 15) is 0 Å². The van der Waals surface area contributed by atoms with E-state index in [1.165, 1.54) is 50.1 Å². The van der Waals surface area contributed by atoms with Crippen molar-refractivity contribution >= 4 is 11.4 Å². The van der Waals surface area contributed by atoms with Gasteiger partial charge in [0.25, 0.3) is 0 Å². The lowest BCUT2D eigenvalue weighted by Gasteiger charge is -2.69. The molecular weight excluding hydrogens is 528 g/mol. The van der Waals surface area contributed by atoms with Crippen LogP contribution in [0.3, 0.4) is 0 Å². The first kappa shape index (κ1) is 23.7. The summed E-state index contributed by atoms with van der Waals surface area (Å²) in [4.78, 5) is 11.7. The van der Waals surface area contributed by atoms with Crippen molar-refractivity contribution in [3.8, 4) is 0 Å². The number of nitrogens with zero attached hydrogens (tertiary/aromatic N) is 4. The Morgan fingerprint density at radius 1 is 0.674 bits per heavy atom. The summed E-state index contributed by atoms with van der Waals surface area (Å²) in [5.41, 5.74) is 10.2. The third kappa shape index (κ3) is 2.28. The Morgan fingerprint density at radius 2 is 1.14 bits per heavy atom. The summed E-state index contributed by atoms with van der Waals surface area (Å²) in [6.07, 6.45) is 10.5. The fourth-order valence-corrected chi connectivity index (χ4v) is 14.2. The van der Waals surface area contributed by atoms with Gasteiger partial charge in [-0.2, -0.15) is 0 Å². The van der Waals surface area contributed by atoms with Crippen molar-refractivity contribution in [3.05, 3.63) is 83.0 Å². The van der Waals surface area contributed by atoms with Gasteiger partial charge < -0.3 is 14.5 Å². The number of ether oxygens (including phenoxy) is 1. The molecule has 0 amide bonds. The van der Waals surface area contributed by atoms with Crippen LogP contribution in [0.25, 0.3) is 0 Å². The molecule has 43 heavy (non-hydrogen) atoms. The molecule has 0 unspecified atom stereocenters. The van der Waals surface area contributed by atoms with Crippen molar-refractivity contribution in [3.63, 3.8) is 0 Å². The Balaban J connectivity index is 1.16. The second-order valence-corrected chi connectivity index (χ2v) is 15.8. The van der Waals surface area contributed by atoms with Crippen LogP contribution >= 0.6 is 0 Å². The summed E-state index contributed by atoms with van der Waals surface area (Å²) in [6, 6.07) is 21.7. The smallest absolute Gasteiger partial charge is 0.138 e. The van der Waals surface area contributed by atoms with E-state index >= 15 is 0 Å². The normalized spacial score (nSPS) is 50.7. The molecule has 0 N–H and O–H groups in total. The van der Waals surface area contributed by atoms with Crippen LogP contribution in [0.4, 0.5) is 11.4 Å². The minimum Gasteiger partial charge on any atom is -0.341 e. The maximum Gasteiger partial charge on any atom is 0.138 e. The lowest BCUT2D eigenvalue weighted by molar-refractivity contribution is -0.198. The highest BCUT2D eigenvalue weighted by Gasteiger charge is 2.78. The first-order chi connectivity index (χ1) is 21.2. The second kappa shape index (κ2) is 7.43. The van der Waals surface area contributed by atoms with Crippen molar-refractivity contribution < 1.29 is 4.74 Å². The third-order valence-electron chi connectivity index (χ3n) is 15.3. The molecule has 2 saturated carbocycles. The van der Waals surface area contributed by atoms with Crippen LogP contribution in [-0.2, 0) is 15.6 Å². The van der Waals surface area contributed by atoms with Crippen LogP contribution in [0.1, 0.15) is 50.7 Å². The largest absolute Gasteiger partial charge is 0.341 e. The zero-order valence-electron chi connectivity index (χ0n) is 25.4. The maximum atomic E-state index is 7.78. The Kier molecular flexibility index (Phi) is 4.10. The Labute approximate surface area is 255 Å². The zero-order valence-corrected chi connectivity index (χ0v) is 25.4. The molecule has 6 saturated heterocycles. The average Bonchev–Trinajstić information content (AvgIpc) is 3.80. The van der Waals surface area contributed by atoms with E-state index in [4.69, 9.17) is 4.74 Å². The van der Waals surface area contributed by atoms with Gasteiger partial charge in [0.2, 0.25) is 0 Å². The van der Waals surface area contributed by atoms with E-state index in [-0.39, 0.29) is 23.3 Å². The van der Waals surface area contributed by atoms with Crippen molar-refractivity contribution in [2.45, 2.75) is 87.0 Å². The molecule has 5 nitrogen and oxygen atoms in total. The molecule has 12 rings (SSSR count). The summed E-state index contributed by atoms with van der Waals surface area (Å²) in [5, 5.41) is 0. The predicted molar refractivity (Wildman–Crippen MR) is 168 cm³/mol. The van der Waals surface area contributed by atoms with Crippen molar-refractivity contribution in [1.29, 1.82) is 0 Å². The van der Waals surface area contributed by atoms with Crippen molar-refractivity contribution in [1.82, 2.24) is 9.80 Å². The number of anilines is 2. The molecule has 12 atom stereocenters.